The van der Waals surface area contributed by atoms with Crippen LogP contribution in [0.5, 0.6) is 0 Å². The lowest BCUT2D eigenvalue weighted by atomic mass is 9.78. The van der Waals surface area contributed by atoms with Crippen molar-refractivity contribution >= 4 is 21.6 Å². The highest BCUT2D eigenvalue weighted by Crippen LogP contribution is 2.33. The van der Waals surface area contributed by atoms with Crippen LogP contribution >= 0.6 is 0 Å². The number of nitrogens with zero attached hydrogens (tertiary/aromatic N) is 1. The molecule has 3 aliphatic heterocycles. The van der Waals surface area contributed by atoms with Crippen molar-refractivity contribution in [3.63, 3.8) is 0 Å². The molecule has 3 aliphatic rings. The Bertz CT molecular complexity index is 931. The number of rotatable bonds is 4. The number of sulfonamides is 1. The monoisotopic (exact) mass is 385 g/mol. The maximum absolute atomic E-state index is 12.6. The molecule has 0 spiro atoms. The molecule has 2 bridgehead atoms. The van der Waals surface area contributed by atoms with E-state index in [0.29, 0.717) is 5.92 Å². The molecule has 142 valence electrons. The zero-order valence-corrected chi connectivity index (χ0v) is 15.8. The summed E-state index contributed by atoms with van der Waals surface area (Å²) in [7, 11) is -3.69. The molecular formula is C20H23N3O3S. The summed E-state index contributed by atoms with van der Waals surface area (Å²) in [5.41, 5.74) is 2.61. The second-order valence-corrected chi connectivity index (χ2v) is 8.94. The lowest BCUT2D eigenvalue weighted by Crippen LogP contribution is -2.51. The van der Waals surface area contributed by atoms with Gasteiger partial charge in [0.1, 0.15) is 0 Å². The van der Waals surface area contributed by atoms with E-state index in [-0.39, 0.29) is 16.7 Å². The van der Waals surface area contributed by atoms with Gasteiger partial charge in [0.15, 0.2) is 0 Å². The highest BCUT2D eigenvalue weighted by Gasteiger charge is 2.38. The van der Waals surface area contributed by atoms with Gasteiger partial charge in [0, 0.05) is 12.2 Å². The van der Waals surface area contributed by atoms with Gasteiger partial charge in [-0.25, -0.2) is 13.6 Å². The minimum absolute atomic E-state index is 0.0814. The molecule has 2 aromatic rings. The van der Waals surface area contributed by atoms with Crippen molar-refractivity contribution in [1.82, 2.24) is 4.90 Å². The van der Waals surface area contributed by atoms with E-state index in [9.17, 15) is 13.2 Å². The SMILES string of the molecule is NS(=O)(=O)c1ccc(-c2ccc(NC(=O)C3CN4CCC3CC4)cc2)cc1. The molecule has 1 unspecified atom stereocenters. The summed E-state index contributed by atoms with van der Waals surface area (Å²) in [4.78, 5) is 15.1. The number of fused-ring (bicyclic) bond motifs is 3. The van der Waals surface area contributed by atoms with Crippen LogP contribution in [0.3, 0.4) is 0 Å². The van der Waals surface area contributed by atoms with Crippen LogP contribution in [-0.2, 0) is 14.8 Å². The summed E-state index contributed by atoms with van der Waals surface area (Å²) in [5, 5.41) is 8.17. The van der Waals surface area contributed by atoms with Gasteiger partial charge >= 0.3 is 0 Å². The van der Waals surface area contributed by atoms with Crippen LogP contribution in [0, 0.1) is 11.8 Å². The Morgan fingerprint density at radius 3 is 2.00 bits per heavy atom. The number of nitrogens with one attached hydrogen (secondary N) is 1. The summed E-state index contributed by atoms with van der Waals surface area (Å²) in [6.07, 6.45) is 2.23. The van der Waals surface area contributed by atoms with E-state index >= 15 is 0 Å². The fourth-order valence-electron chi connectivity index (χ4n) is 4.08. The van der Waals surface area contributed by atoms with E-state index in [4.69, 9.17) is 5.14 Å². The maximum atomic E-state index is 12.6. The molecule has 3 N–H and O–H groups in total. The van der Waals surface area contributed by atoms with Gasteiger partial charge in [-0.05, 0) is 67.2 Å². The van der Waals surface area contributed by atoms with Gasteiger partial charge < -0.3 is 10.2 Å². The first kappa shape index (κ1) is 18.2. The second-order valence-electron chi connectivity index (χ2n) is 7.38. The molecule has 2 aromatic carbocycles. The molecule has 3 fully saturated rings. The fourth-order valence-corrected chi connectivity index (χ4v) is 4.60. The largest absolute Gasteiger partial charge is 0.326 e. The van der Waals surface area contributed by atoms with E-state index < -0.39 is 10.0 Å². The Hall–Kier alpha value is -2.22. The lowest BCUT2D eigenvalue weighted by molar-refractivity contribution is -0.125. The predicted octanol–water partition coefficient (Wildman–Crippen LogP) is 2.28. The van der Waals surface area contributed by atoms with Crippen LogP contribution in [0.15, 0.2) is 53.4 Å². The third-order valence-corrected chi connectivity index (χ3v) is 6.59. The first-order valence-corrected chi connectivity index (χ1v) is 10.7. The summed E-state index contributed by atoms with van der Waals surface area (Å²) < 4.78 is 22.7. The Labute approximate surface area is 159 Å². The summed E-state index contributed by atoms with van der Waals surface area (Å²) in [5.74, 6) is 0.694. The van der Waals surface area contributed by atoms with Crippen molar-refractivity contribution in [3.8, 4) is 11.1 Å². The molecule has 3 saturated heterocycles. The molecule has 0 aliphatic carbocycles. The molecule has 6 nitrogen and oxygen atoms in total. The number of benzene rings is 2. The maximum Gasteiger partial charge on any atom is 0.238 e. The summed E-state index contributed by atoms with van der Waals surface area (Å²) in [6, 6.07) is 14.0. The quantitative estimate of drug-likeness (QED) is 0.844. The number of hydrogen-bond acceptors (Lipinski definition) is 4. The zero-order valence-electron chi connectivity index (χ0n) is 15.0. The fraction of sp³-hybridized carbons (Fsp3) is 0.350. The van der Waals surface area contributed by atoms with Gasteiger partial charge in [-0.1, -0.05) is 24.3 Å². The van der Waals surface area contributed by atoms with Crippen molar-refractivity contribution in [2.45, 2.75) is 17.7 Å². The van der Waals surface area contributed by atoms with E-state index in [1.54, 1.807) is 12.1 Å². The Morgan fingerprint density at radius 1 is 0.963 bits per heavy atom. The van der Waals surface area contributed by atoms with E-state index in [1.807, 2.05) is 24.3 Å². The molecule has 0 radical (unpaired) electrons. The van der Waals surface area contributed by atoms with Crippen LogP contribution in [0.2, 0.25) is 0 Å². The van der Waals surface area contributed by atoms with Crippen molar-refractivity contribution in [2.75, 3.05) is 25.0 Å². The van der Waals surface area contributed by atoms with Crippen LogP contribution in [0.25, 0.3) is 11.1 Å². The number of nitrogens with two attached hydrogens (primary N) is 1. The first-order chi connectivity index (χ1) is 12.9. The van der Waals surface area contributed by atoms with Crippen LogP contribution in [0.1, 0.15) is 12.8 Å². The number of piperidine rings is 3. The molecule has 1 amide bonds. The van der Waals surface area contributed by atoms with E-state index in [0.717, 1.165) is 49.3 Å². The lowest BCUT2D eigenvalue weighted by Gasteiger charge is -2.43. The summed E-state index contributed by atoms with van der Waals surface area (Å²) in [6.45, 7) is 3.10. The number of carbonyl (C=O) groups is 1. The van der Waals surface area contributed by atoms with Gasteiger partial charge in [0.25, 0.3) is 0 Å². The molecule has 27 heavy (non-hydrogen) atoms. The number of anilines is 1. The molecule has 5 rings (SSSR count). The number of hydrogen-bond donors (Lipinski definition) is 2. The van der Waals surface area contributed by atoms with Crippen molar-refractivity contribution in [2.24, 2.45) is 17.0 Å². The normalized spacial score (nSPS) is 24.6. The predicted molar refractivity (Wildman–Crippen MR) is 105 cm³/mol. The highest BCUT2D eigenvalue weighted by atomic mass is 32.2. The van der Waals surface area contributed by atoms with Crippen LogP contribution in [-0.4, -0.2) is 38.9 Å². The van der Waals surface area contributed by atoms with Gasteiger partial charge in [-0.2, -0.15) is 0 Å². The van der Waals surface area contributed by atoms with E-state index in [1.165, 1.54) is 12.1 Å². The molecule has 0 aromatic heterocycles. The molecule has 3 heterocycles. The van der Waals surface area contributed by atoms with Gasteiger partial charge in [0.05, 0.1) is 10.8 Å². The Morgan fingerprint density at radius 2 is 1.52 bits per heavy atom. The molecule has 0 saturated carbocycles. The Kier molecular flexibility index (Phi) is 4.75. The average Bonchev–Trinajstić information content (AvgIpc) is 2.69. The molecule has 7 heteroatoms. The van der Waals surface area contributed by atoms with E-state index in [2.05, 4.69) is 10.2 Å². The third-order valence-electron chi connectivity index (χ3n) is 5.66. The van der Waals surface area contributed by atoms with Gasteiger partial charge in [0.2, 0.25) is 15.9 Å². The minimum Gasteiger partial charge on any atom is -0.326 e. The number of carbonyl (C=O) groups excluding carboxylic acids is 1. The summed E-state index contributed by atoms with van der Waals surface area (Å²) >= 11 is 0. The van der Waals surface area contributed by atoms with Gasteiger partial charge in [-0.15, -0.1) is 0 Å². The zero-order chi connectivity index (χ0) is 19.0. The van der Waals surface area contributed by atoms with Gasteiger partial charge in [-0.3, -0.25) is 4.79 Å². The second kappa shape index (κ2) is 7.07. The minimum atomic E-state index is -3.69. The smallest absolute Gasteiger partial charge is 0.238 e. The molecular weight excluding hydrogens is 362 g/mol. The highest BCUT2D eigenvalue weighted by molar-refractivity contribution is 7.89. The number of primary sulfonamides is 1. The Balaban J connectivity index is 1.44. The standard InChI is InChI=1S/C20H23N3O3S/c21-27(25,26)18-7-3-15(4-8-18)14-1-5-17(6-2-14)22-20(24)19-13-23-11-9-16(19)10-12-23/h1-8,16,19H,9-13H2,(H,22,24)(H2,21,25,26). The van der Waals surface area contributed by atoms with Crippen LogP contribution < -0.4 is 10.5 Å². The number of amides is 1. The topological polar surface area (TPSA) is 92.5 Å². The first-order valence-electron chi connectivity index (χ1n) is 9.17. The van der Waals surface area contributed by atoms with Crippen molar-refractivity contribution in [1.29, 1.82) is 0 Å². The van der Waals surface area contributed by atoms with Crippen molar-refractivity contribution < 1.29 is 13.2 Å². The third kappa shape index (κ3) is 3.90. The van der Waals surface area contributed by atoms with Crippen LogP contribution in [0.4, 0.5) is 5.69 Å². The molecule has 1 atom stereocenters. The average molecular weight is 385 g/mol. The van der Waals surface area contributed by atoms with Crippen molar-refractivity contribution in [3.05, 3.63) is 48.5 Å².